The van der Waals surface area contributed by atoms with Gasteiger partial charge in [0.25, 0.3) is 0 Å². The second-order valence-electron chi connectivity index (χ2n) is 2.76. The lowest BCUT2D eigenvalue weighted by Crippen LogP contribution is -2.39. The highest BCUT2D eigenvalue weighted by atomic mass is 35.5. The second-order valence-corrected chi connectivity index (χ2v) is 3.17. The Morgan fingerprint density at radius 3 is 2.71 bits per heavy atom. The summed E-state index contributed by atoms with van der Waals surface area (Å²) in [5, 5.41) is 11.0. The Labute approximate surface area is 87.3 Å². The molecule has 0 unspecified atom stereocenters. The molecule has 0 saturated carbocycles. The van der Waals surface area contributed by atoms with Crippen LogP contribution in [0.2, 0.25) is 5.02 Å². The maximum atomic E-state index is 10.6. The maximum Gasteiger partial charge on any atom is 0.138 e. The number of ether oxygens (including phenoxy) is 1. The molecule has 0 N–H and O–H groups in total. The van der Waals surface area contributed by atoms with E-state index in [-0.39, 0.29) is 0 Å². The molecule has 1 aromatic rings. The molecule has 14 heavy (non-hydrogen) atoms. The van der Waals surface area contributed by atoms with Gasteiger partial charge in [-0.05, 0) is 18.6 Å². The fraction of sp³-hybridized carbons (Fsp3) is 0.300. The summed E-state index contributed by atoms with van der Waals surface area (Å²) in [6.07, 6.45) is -0.608. The number of benzene rings is 1. The van der Waals surface area contributed by atoms with Crippen LogP contribution in [0.5, 0.6) is 5.75 Å². The first-order valence-corrected chi connectivity index (χ1v) is 4.65. The summed E-state index contributed by atoms with van der Waals surface area (Å²) in [6, 6.07) is 6.73. The number of rotatable bonds is 4. The van der Waals surface area contributed by atoms with Crippen molar-refractivity contribution in [3.05, 3.63) is 29.3 Å². The number of hydrogen-bond donors (Lipinski definition) is 0. The predicted molar refractivity (Wildman–Crippen MR) is 51.2 cm³/mol. The van der Waals surface area contributed by atoms with Gasteiger partial charge >= 0.3 is 0 Å². The quantitative estimate of drug-likeness (QED) is 0.756. The fourth-order valence-electron chi connectivity index (χ4n) is 0.992. The molecule has 0 aromatic heterocycles. The molecule has 1 aromatic carbocycles. The van der Waals surface area contributed by atoms with E-state index in [0.29, 0.717) is 17.2 Å². The number of para-hydroxylation sites is 1. The van der Waals surface area contributed by atoms with Gasteiger partial charge in [0.2, 0.25) is 0 Å². The van der Waals surface area contributed by atoms with Crippen molar-refractivity contribution in [2.75, 3.05) is 0 Å². The zero-order valence-electron chi connectivity index (χ0n) is 7.70. The standard InChI is InChI=1S/C10H11ClO3/c1-2-8(10(12)13)14-9-6-4-3-5-7(9)11/h3-6,8H,2H2,1H3,(H,12,13)/p-1/t8-/m1/s1. The van der Waals surface area contributed by atoms with Crippen molar-refractivity contribution in [3.8, 4) is 5.75 Å². The Morgan fingerprint density at radius 2 is 2.21 bits per heavy atom. The summed E-state index contributed by atoms with van der Waals surface area (Å²) in [6.45, 7) is 1.71. The molecule has 0 radical (unpaired) electrons. The summed E-state index contributed by atoms with van der Waals surface area (Å²) in [5.41, 5.74) is 0. The molecule has 0 heterocycles. The van der Waals surface area contributed by atoms with Crippen LogP contribution in [0.25, 0.3) is 0 Å². The molecule has 0 saturated heterocycles. The van der Waals surface area contributed by atoms with E-state index in [1.807, 2.05) is 0 Å². The number of aliphatic carboxylic acids is 1. The van der Waals surface area contributed by atoms with E-state index < -0.39 is 12.1 Å². The molecular formula is C10H10ClO3-. The van der Waals surface area contributed by atoms with Crippen LogP contribution in [0, 0.1) is 0 Å². The van der Waals surface area contributed by atoms with E-state index >= 15 is 0 Å². The third-order valence-electron chi connectivity index (χ3n) is 1.74. The smallest absolute Gasteiger partial charge is 0.138 e. The summed E-state index contributed by atoms with van der Waals surface area (Å²) in [5.74, 6) is -0.863. The van der Waals surface area contributed by atoms with Crippen LogP contribution in [0.1, 0.15) is 13.3 Å². The largest absolute Gasteiger partial charge is 0.546 e. The predicted octanol–water partition coefficient (Wildman–Crippen LogP) is 1.25. The van der Waals surface area contributed by atoms with E-state index in [1.165, 1.54) is 0 Å². The maximum absolute atomic E-state index is 10.6. The van der Waals surface area contributed by atoms with Crippen LogP contribution < -0.4 is 9.84 Å². The molecule has 3 nitrogen and oxygen atoms in total. The van der Waals surface area contributed by atoms with Crippen LogP contribution in [0.3, 0.4) is 0 Å². The molecule has 4 heteroatoms. The molecule has 1 rings (SSSR count). The number of carbonyl (C=O) groups excluding carboxylic acids is 1. The number of carboxylic acid groups (broad SMARTS) is 1. The molecule has 0 aliphatic rings. The van der Waals surface area contributed by atoms with Gasteiger partial charge in [0.05, 0.1) is 11.0 Å². The average molecular weight is 214 g/mol. The molecule has 0 fully saturated rings. The van der Waals surface area contributed by atoms with Gasteiger partial charge in [0, 0.05) is 0 Å². The Hall–Kier alpha value is -1.22. The number of halogens is 1. The zero-order chi connectivity index (χ0) is 10.6. The van der Waals surface area contributed by atoms with Crippen molar-refractivity contribution in [1.82, 2.24) is 0 Å². The first kappa shape index (κ1) is 10.9. The first-order chi connectivity index (χ1) is 6.65. The molecule has 0 spiro atoms. The van der Waals surface area contributed by atoms with Crippen molar-refractivity contribution in [3.63, 3.8) is 0 Å². The van der Waals surface area contributed by atoms with Crippen molar-refractivity contribution >= 4 is 17.6 Å². The van der Waals surface area contributed by atoms with E-state index in [1.54, 1.807) is 31.2 Å². The monoisotopic (exact) mass is 213 g/mol. The number of hydrogen-bond acceptors (Lipinski definition) is 3. The topological polar surface area (TPSA) is 49.4 Å². The van der Waals surface area contributed by atoms with Gasteiger partial charge in [-0.2, -0.15) is 0 Å². The van der Waals surface area contributed by atoms with Crippen LogP contribution in [-0.2, 0) is 4.79 Å². The summed E-state index contributed by atoms with van der Waals surface area (Å²) >= 11 is 5.79. The molecule has 1 atom stereocenters. The van der Waals surface area contributed by atoms with E-state index in [9.17, 15) is 9.90 Å². The lowest BCUT2D eigenvalue weighted by Gasteiger charge is -2.18. The van der Waals surface area contributed by atoms with Crippen molar-refractivity contribution < 1.29 is 14.6 Å². The molecule has 76 valence electrons. The Bertz CT molecular complexity index is 325. The third-order valence-corrected chi connectivity index (χ3v) is 2.05. The van der Waals surface area contributed by atoms with Crippen molar-refractivity contribution in [2.24, 2.45) is 0 Å². The first-order valence-electron chi connectivity index (χ1n) is 4.27. The summed E-state index contributed by atoms with van der Waals surface area (Å²) in [4.78, 5) is 10.6. The zero-order valence-corrected chi connectivity index (χ0v) is 8.45. The summed E-state index contributed by atoms with van der Waals surface area (Å²) in [7, 11) is 0. The second kappa shape index (κ2) is 4.86. The number of carboxylic acids is 1. The van der Waals surface area contributed by atoms with Crippen molar-refractivity contribution in [2.45, 2.75) is 19.4 Å². The van der Waals surface area contributed by atoms with Crippen LogP contribution in [-0.4, -0.2) is 12.1 Å². The lowest BCUT2D eigenvalue weighted by atomic mass is 10.2. The van der Waals surface area contributed by atoms with Gasteiger partial charge in [0.1, 0.15) is 11.9 Å². The Kier molecular flexibility index (Phi) is 3.77. The molecule has 0 bridgehead atoms. The lowest BCUT2D eigenvalue weighted by molar-refractivity contribution is -0.313. The normalized spacial score (nSPS) is 12.1. The minimum absolute atomic E-state index is 0.341. The molecule has 0 aliphatic heterocycles. The minimum Gasteiger partial charge on any atom is -0.546 e. The SMILES string of the molecule is CC[C@@H](Oc1ccccc1Cl)C(=O)[O-]. The van der Waals surface area contributed by atoms with Gasteiger partial charge in [-0.1, -0.05) is 30.7 Å². The van der Waals surface area contributed by atoms with E-state index in [2.05, 4.69) is 0 Å². The highest BCUT2D eigenvalue weighted by Gasteiger charge is 2.10. The third kappa shape index (κ3) is 2.64. The van der Waals surface area contributed by atoms with E-state index in [4.69, 9.17) is 16.3 Å². The van der Waals surface area contributed by atoms with Gasteiger partial charge in [-0.3, -0.25) is 0 Å². The van der Waals surface area contributed by atoms with Crippen LogP contribution >= 0.6 is 11.6 Å². The fourth-order valence-corrected chi connectivity index (χ4v) is 1.17. The molecule has 0 amide bonds. The Balaban J connectivity index is 2.77. The van der Waals surface area contributed by atoms with E-state index in [0.717, 1.165) is 0 Å². The minimum atomic E-state index is -1.23. The molecule has 0 aliphatic carbocycles. The van der Waals surface area contributed by atoms with Crippen molar-refractivity contribution in [1.29, 1.82) is 0 Å². The van der Waals surface area contributed by atoms with Gasteiger partial charge in [0.15, 0.2) is 0 Å². The van der Waals surface area contributed by atoms with Gasteiger partial charge in [-0.15, -0.1) is 0 Å². The molecular weight excluding hydrogens is 204 g/mol. The highest BCUT2D eigenvalue weighted by Crippen LogP contribution is 2.24. The van der Waals surface area contributed by atoms with Crippen LogP contribution in [0.15, 0.2) is 24.3 Å². The van der Waals surface area contributed by atoms with Gasteiger partial charge in [-0.25, -0.2) is 0 Å². The van der Waals surface area contributed by atoms with Gasteiger partial charge < -0.3 is 14.6 Å². The highest BCUT2D eigenvalue weighted by molar-refractivity contribution is 6.32. The average Bonchev–Trinajstić information content (AvgIpc) is 2.16. The Morgan fingerprint density at radius 1 is 1.57 bits per heavy atom. The van der Waals surface area contributed by atoms with Crippen LogP contribution in [0.4, 0.5) is 0 Å². The summed E-state index contributed by atoms with van der Waals surface area (Å²) < 4.78 is 5.16. The number of carbonyl (C=O) groups is 1.